The van der Waals surface area contributed by atoms with Gasteiger partial charge >= 0.3 is 0 Å². The Morgan fingerprint density at radius 3 is 2.13 bits per heavy atom. The zero-order valence-corrected chi connectivity index (χ0v) is 19.7. The lowest BCUT2D eigenvalue weighted by Crippen LogP contribution is -2.15. The molecule has 0 saturated carbocycles. The molecule has 0 heterocycles. The van der Waals surface area contributed by atoms with Gasteiger partial charge in [-0.15, -0.1) is 0 Å². The van der Waals surface area contributed by atoms with E-state index in [9.17, 15) is 4.79 Å². The predicted molar refractivity (Wildman–Crippen MR) is 130 cm³/mol. The minimum Gasteiger partial charge on any atom is -0.493 e. The van der Waals surface area contributed by atoms with Crippen molar-refractivity contribution in [3.8, 4) is 11.5 Å². The Bertz CT molecular complexity index is 877. The van der Waals surface area contributed by atoms with Crippen molar-refractivity contribution in [3.05, 3.63) is 59.2 Å². The third-order valence-corrected chi connectivity index (χ3v) is 5.06. The number of hydrogen-bond acceptors (Lipinski definition) is 4. The molecule has 0 bridgehead atoms. The summed E-state index contributed by atoms with van der Waals surface area (Å²) in [6.07, 6.45) is 7.47. The highest BCUT2D eigenvalue weighted by atomic mass is 16.5. The Hall–Kier alpha value is -2.75. The molecule has 0 amide bonds. The molecule has 0 spiro atoms. The molecule has 2 N–H and O–H groups in total. The molecule has 0 aliphatic rings. The molecule has 0 aliphatic heterocycles. The van der Waals surface area contributed by atoms with Crippen molar-refractivity contribution in [2.45, 2.75) is 65.7 Å². The van der Waals surface area contributed by atoms with E-state index in [1.165, 1.54) is 0 Å². The van der Waals surface area contributed by atoms with E-state index in [-0.39, 0.29) is 11.2 Å². The smallest absolute Gasteiger partial charge is 0.185 e. The number of carbonyl (C=O) groups is 1. The van der Waals surface area contributed by atoms with Gasteiger partial charge in [-0.3, -0.25) is 4.79 Å². The van der Waals surface area contributed by atoms with Gasteiger partial charge in [-0.25, -0.2) is 0 Å². The van der Waals surface area contributed by atoms with Crippen LogP contribution in [0.3, 0.4) is 0 Å². The molecule has 0 unspecified atom stereocenters. The van der Waals surface area contributed by atoms with E-state index in [0.29, 0.717) is 24.5 Å². The van der Waals surface area contributed by atoms with E-state index < -0.39 is 0 Å². The van der Waals surface area contributed by atoms with Crippen molar-refractivity contribution in [2.24, 2.45) is 0 Å². The van der Waals surface area contributed by atoms with Crippen molar-refractivity contribution in [1.29, 1.82) is 0 Å². The summed E-state index contributed by atoms with van der Waals surface area (Å²) in [5.41, 5.74) is 8.80. The molecule has 0 aliphatic carbocycles. The van der Waals surface area contributed by atoms with Gasteiger partial charge in [0.25, 0.3) is 0 Å². The molecule has 0 radical (unpaired) electrons. The Morgan fingerprint density at radius 2 is 1.55 bits per heavy atom. The molecule has 4 heteroatoms. The van der Waals surface area contributed by atoms with Crippen molar-refractivity contribution >= 4 is 17.5 Å². The first kappa shape index (κ1) is 24.5. The molecule has 168 valence electrons. The largest absolute Gasteiger partial charge is 0.493 e. The Kier molecular flexibility index (Phi) is 9.17. The fourth-order valence-corrected chi connectivity index (χ4v) is 3.16. The van der Waals surface area contributed by atoms with E-state index in [1.807, 2.05) is 12.1 Å². The van der Waals surface area contributed by atoms with Gasteiger partial charge in [0.05, 0.1) is 18.8 Å². The van der Waals surface area contributed by atoms with Crippen LogP contribution in [0.15, 0.2) is 42.5 Å². The number of unbranched alkanes of at least 4 members (excludes halogenated alkanes) is 2. The van der Waals surface area contributed by atoms with Crippen LogP contribution in [0.4, 0.5) is 5.69 Å². The Labute approximate surface area is 187 Å². The van der Waals surface area contributed by atoms with Crippen LogP contribution >= 0.6 is 0 Å². The number of nitrogen functional groups attached to an aromatic ring is 1. The normalized spacial score (nSPS) is 11.6. The molecular weight excluding hydrogens is 386 g/mol. The number of allylic oxidation sites excluding steroid dienone is 1. The summed E-state index contributed by atoms with van der Waals surface area (Å²) < 4.78 is 12.4. The fraction of sp³-hybridized carbons (Fsp3) is 0.444. The number of carbonyl (C=O) groups excluding carboxylic acids is 1. The molecule has 2 aromatic rings. The summed E-state index contributed by atoms with van der Waals surface area (Å²) >= 11 is 0. The quantitative estimate of drug-likeness (QED) is 0.186. The Morgan fingerprint density at radius 1 is 0.935 bits per heavy atom. The van der Waals surface area contributed by atoms with Crippen LogP contribution in [-0.2, 0) is 5.41 Å². The molecule has 2 aromatic carbocycles. The predicted octanol–water partition coefficient (Wildman–Crippen LogP) is 6.82. The summed E-state index contributed by atoms with van der Waals surface area (Å²) in [5.74, 6) is 1.46. The summed E-state index contributed by atoms with van der Waals surface area (Å²) in [5, 5.41) is 0. The number of rotatable bonds is 11. The van der Waals surface area contributed by atoms with Crippen LogP contribution < -0.4 is 15.2 Å². The van der Waals surface area contributed by atoms with Gasteiger partial charge in [0.15, 0.2) is 5.78 Å². The summed E-state index contributed by atoms with van der Waals surface area (Å²) in [4.78, 5) is 12.7. The molecule has 0 atom stereocenters. The highest BCUT2D eigenvalue weighted by molar-refractivity contribution is 6.07. The number of anilines is 1. The maximum Gasteiger partial charge on any atom is 0.185 e. The van der Waals surface area contributed by atoms with Gasteiger partial charge in [-0.2, -0.15) is 0 Å². The van der Waals surface area contributed by atoms with E-state index in [4.69, 9.17) is 15.2 Å². The summed E-state index contributed by atoms with van der Waals surface area (Å²) in [6.45, 7) is 12.0. The number of hydrogen-bond donors (Lipinski definition) is 1. The van der Waals surface area contributed by atoms with E-state index >= 15 is 0 Å². The number of ketones is 1. The van der Waals surface area contributed by atoms with Gasteiger partial charge in [-0.1, -0.05) is 53.5 Å². The van der Waals surface area contributed by atoms with Crippen molar-refractivity contribution in [3.63, 3.8) is 0 Å². The van der Waals surface area contributed by atoms with Gasteiger partial charge in [0.2, 0.25) is 0 Å². The first-order valence-electron chi connectivity index (χ1n) is 11.3. The average molecular weight is 424 g/mol. The summed E-state index contributed by atoms with van der Waals surface area (Å²) in [6, 6.07) is 11.0. The molecule has 0 saturated heterocycles. The van der Waals surface area contributed by atoms with Crippen LogP contribution in [0, 0.1) is 0 Å². The van der Waals surface area contributed by atoms with Gasteiger partial charge in [0, 0.05) is 16.8 Å². The second kappa shape index (κ2) is 11.6. The lowest BCUT2D eigenvalue weighted by atomic mass is 9.84. The van der Waals surface area contributed by atoms with E-state index in [0.717, 1.165) is 48.3 Å². The standard InChI is InChI=1S/C27H37NO3/c1-6-8-18-30-25-17-15-23(27(3,4)5)26(31-19-9-7-2)22(25)14-16-24(29)20-10-12-21(28)13-11-20/h10-17H,6-9,18-19,28H2,1-5H3. The average Bonchev–Trinajstić information content (AvgIpc) is 2.72. The molecule has 4 nitrogen and oxygen atoms in total. The highest BCUT2D eigenvalue weighted by Crippen LogP contribution is 2.40. The molecule has 31 heavy (non-hydrogen) atoms. The highest BCUT2D eigenvalue weighted by Gasteiger charge is 2.23. The maximum absolute atomic E-state index is 12.7. The first-order valence-corrected chi connectivity index (χ1v) is 11.3. The van der Waals surface area contributed by atoms with Crippen molar-refractivity contribution in [1.82, 2.24) is 0 Å². The molecule has 2 rings (SSSR count). The summed E-state index contributed by atoms with van der Waals surface area (Å²) in [7, 11) is 0. The van der Waals surface area contributed by atoms with Gasteiger partial charge in [0.1, 0.15) is 11.5 Å². The van der Waals surface area contributed by atoms with Crippen LogP contribution in [0.2, 0.25) is 0 Å². The second-order valence-corrected chi connectivity index (χ2v) is 8.83. The van der Waals surface area contributed by atoms with Crippen molar-refractivity contribution < 1.29 is 14.3 Å². The molecule has 0 aromatic heterocycles. The van der Waals surface area contributed by atoms with E-state index in [2.05, 4.69) is 40.7 Å². The topological polar surface area (TPSA) is 61.5 Å². The second-order valence-electron chi connectivity index (χ2n) is 8.83. The third kappa shape index (κ3) is 7.16. The monoisotopic (exact) mass is 423 g/mol. The van der Waals surface area contributed by atoms with Crippen LogP contribution in [0.5, 0.6) is 11.5 Å². The van der Waals surface area contributed by atoms with E-state index in [1.54, 1.807) is 30.3 Å². The fourth-order valence-electron chi connectivity index (χ4n) is 3.16. The minimum absolute atomic E-state index is 0.0832. The number of nitrogens with two attached hydrogens (primary N) is 1. The maximum atomic E-state index is 12.7. The zero-order valence-electron chi connectivity index (χ0n) is 19.7. The van der Waals surface area contributed by atoms with Gasteiger partial charge in [-0.05, 0) is 60.7 Å². The lowest BCUT2D eigenvalue weighted by molar-refractivity contribution is 0.104. The van der Waals surface area contributed by atoms with Crippen LogP contribution in [0.1, 0.15) is 81.8 Å². The minimum atomic E-state index is -0.104. The van der Waals surface area contributed by atoms with Crippen LogP contribution in [-0.4, -0.2) is 19.0 Å². The first-order chi connectivity index (χ1) is 14.8. The van der Waals surface area contributed by atoms with Gasteiger partial charge < -0.3 is 15.2 Å². The SMILES string of the molecule is CCCCOc1ccc(C(C)(C)C)c(OCCCC)c1C=CC(=O)c1ccc(N)cc1. The Balaban J connectivity index is 2.48. The number of benzene rings is 2. The molecular formula is C27H37NO3. The molecule has 0 fully saturated rings. The van der Waals surface area contributed by atoms with Crippen LogP contribution in [0.25, 0.3) is 6.08 Å². The zero-order chi connectivity index (χ0) is 22.9. The van der Waals surface area contributed by atoms with Crippen molar-refractivity contribution in [2.75, 3.05) is 18.9 Å². The lowest BCUT2D eigenvalue weighted by Gasteiger charge is -2.25. The third-order valence-electron chi connectivity index (χ3n) is 5.06. The number of ether oxygens (including phenoxy) is 2.